The van der Waals surface area contributed by atoms with Crippen LogP contribution < -0.4 is 21.1 Å². The van der Waals surface area contributed by atoms with Gasteiger partial charge in [-0.05, 0) is 30.3 Å². The van der Waals surface area contributed by atoms with Crippen molar-refractivity contribution >= 4 is 23.5 Å². The highest BCUT2D eigenvalue weighted by molar-refractivity contribution is 6.00. The van der Waals surface area contributed by atoms with Gasteiger partial charge in [0.2, 0.25) is 0 Å². The summed E-state index contributed by atoms with van der Waals surface area (Å²) in [7, 11) is 0. The second-order valence-electron chi connectivity index (χ2n) is 7.55. The zero-order valence-electron chi connectivity index (χ0n) is 18.5. The van der Waals surface area contributed by atoms with E-state index in [4.69, 9.17) is 10.5 Å². The molecule has 0 saturated carbocycles. The molecule has 0 saturated heterocycles. The number of carbonyl (C=O) groups excluding carboxylic acids is 2. The van der Waals surface area contributed by atoms with Crippen molar-refractivity contribution in [2.75, 3.05) is 10.6 Å². The number of hydrogen-bond donors (Lipinski definition) is 3. The van der Waals surface area contributed by atoms with Crippen LogP contribution in [0.25, 0.3) is 11.3 Å². The molecule has 0 radical (unpaired) electrons. The maximum absolute atomic E-state index is 13.9. The Balaban J connectivity index is 1.37. The number of nitrogens with one attached hydrogen (secondary N) is 2. The molecule has 1 heterocycles. The van der Waals surface area contributed by atoms with Gasteiger partial charge in [-0.15, -0.1) is 10.2 Å². The molecule has 3 aromatic carbocycles. The van der Waals surface area contributed by atoms with Crippen LogP contribution in [0.5, 0.6) is 5.75 Å². The summed E-state index contributed by atoms with van der Waals surface area (Å²) < 4.78 is 19.3. The number of nitrogens with zero attached hydrogens (tertiary/aromatic N) is 2. The molecule has 0 bridgehead atoms. The van der Waals surface area contributed by atoms with E-state index in [1.165, 1.54) is 18.2 Å². The van der Waals surface area contributed by atoms with Crippen LogP contribution >= 0.6 is 0 Å². The SMILES string of the molecule is NC(CC(=O)Oc1ccccc1NC(=O)Nc1ccc(-c2ccccc2)nn1)c1ccccc1F. The molecule has 0 aliphatic rings. The molecule has 4 N–H and O–H groups in total. The minimum absolute atomic E-state index is 0.124. The molecule has 1 aromatic heterocycles. The van der Waals surface area contributed by atoms with Gasteiger partial charge in [-0.3, -0.25) is 10.1 Å². The molecule has 0 spiro atoms. The summed E-state index contributed by atoms with van der Waals surface area (Å²) in [5.74, 6) is -0.796. The molecule has 176 valence electrons. The Bertz CT molecular complexity index is 1320. The van der Waals surface area contributed by atoms with E-state index in [0.29, 0.717) is 5.69 Å². The second kappa shape index (κ2) is 11.0. The molecule has 0 fully saturated rings. The molecule has 4 aromatic rings. The highest BCUT2D eigenvalue weighted by atomic mass is 19.1. The van der Waals surface area contributed by atoms with E-state index in [9.17, 15) is 14.0 Å². The van der Waals surface area contributed by atoms with Gasteiger partial charge in [0.25, 0.3) is 0 Å². The lowest BCUT2D eigenvalue weighted by molar-refractivity contribution is -0.134. The summed E-state index contributed by atoms with van der Waals surface area (Å²) in [5.41, 5.74) is 8.02. The number of nitrogens with two attached hydrogens (primary N) is 1. The fourth-order valence-electron chi connectivity index (χ4n) is 3.32. The molecule has 1 atom stereocenters. The second-order valence-corrected chi connectivity index (χ2v) is 7.55. The van der Waals surface area contributed by atoms with Gasteiger partial charge in [0, 0.05) is 17.2 Å². The van der Waals surface area contributed by atoms with E-state index >= 15 is 0 Å². The molecular weight excluding hydrogens is 449 g/mol. The lowest BCUT2D eigenvalue weighted by Crippen LogP contribution is -2.22. The first-order chi connectivity index (χ1) is 17.0. The van der Waals surface area contributed by atoms with Crippen molar-refractivity contribution in [3.8, 4) is 17.0 Å². The predicted octanol–water partition coefficient (Wildman–Crippen LogP) is 4.92. The van der Waals surface area contributed by atoms with Crippen LogP contribution in [0.15, 0.2) is 91.0 Å². The van der Waals surface area contributed by atoms with Crippen molar-refractivity contribution in [3.05, 3.63) is 102 Å². The Morgan fingerprint density at radius 3 is 2.31 bits per heavy atom. The summed E-state index contributed by atoms with van der Waals surface area (Å²) in [6.45, 7) is 0. The van der Waals surface area contributed by atoms with E-state index in [1.54, 1.807) is 42.5 Å². The first-order valence-electron chi connectivity index (χ1n) is 10.8. The number of anilines is 2. The predicted molar refractivity (Wildman–Crippen MR) is 130 cm³/mol. The fourth-order valence-corrected chi connectivity index (χ4v) is 3.32. The van der Waals surface area contributed by atoms with E-state index in [0.717, 1.165) is 5.56 Å². The number of amides is 2. The number of para-hydroxylation sites is 2. The average Bonchev–Trinajstić information content (AvgIpc) is 2.86. The summed E-state index contributed by atoms with van der Waals surface area (Å²) in [6, 6.07) is 23.8. The van der Waals surface area contributed by atoms with Crippen molar-refractivity contribution in [2.24, 2.45) is 5.73 Å². The van der Waals surface area contributed by atoms with Crippen molar-refractivity contribution in [1.82, 2.24) is 10.2 Å². The van der Waals surface area contributed by atoms with Crippen molar-refractivity contribution in [3.63, 3.8) is 0 Å². The molecule has 1 unspecified atom stereocenters. The highest BCUT2D eigenvalue weighted by Gasteiger charge is 2.18. The zero-order valence-corrected chi connectivity index (χ0v) is 18.5. The highest BCUT2D eigenvalue weighted by Crippen LogP contribution is 2.26. The quantitative estimate of drug-likeness (QED) is 0.260. The first kappa shape index (κ1) is 23.5. The Morgan fingerprint density at radius 2 is 1.57 bits per heavy atom. The summed E-state index contributed by atoms with van der Waals surface area (Å²) in [5, 5.41) is 13.4. The minimum Gasteiger partial charge on any atom is -0.424 e. The molecular formula is C26H22FN5O3. The van der Waals surface area contributed by atoms with Gasteiger partial charge in [-0.2, -0.15) is 0 Å². The Labute approximate surface area is 201 Å². The maximum Gasteiger partial charge on any atom is 0.325 e. The molecule has 2 amide bonds. The van der Waals surface area contributed by atoms with E-state index in [2.05, 4.69) is 20.8 Å². The molecule has 8 nitrogen and oxygen atoms in total. The molecule has 0 aliphatic carbocycles. The van der Waals surface area contributed by atoms with Crippen LogP contribution in [-0.4, -0.2) is 22.2 Å². The number of ether oxygens (including phenoxy) is 1. The van der Waals surface area contributed by atoms with Crippen LogP contribution in [0, 0.1) is 5.82 Å². The number of carbonyl (C=O) groups is 2. The van der Waals surface area contributed by atoms with Crippen LogP contribution in [-0.2, 0) is 4.79 Å². The Morgan fingerprint density at radius 1 is 0.857 bits per heavy atom. The molecule has 4 rings (SSSR count). The van der Waals surface area contributed by atoms with Gasteiger partial charge in [-0.1, -0.05) is 60.7 Å². The lowest BCUT2D eigenvalue weighted by atomic mass is 10.0. The summed E-state index contributed by atoms with van der Waals surface area (Å²) >= 11 is 0. The van der Waals surface area contributed by atoms with Gasteiger partial charge >= 0.3 is 12.0 Å². The first-order valence-corrected chi connectivity index (χ1v) is 10.8. The topological polar surface area (TPSA) is 119 Å². The lowest BCUT2D eigenvalue weighted by Gasteiger charge is -2.14. The van der Waals surface area contributed by atoms with E-state index < -0.39 is 23.9 Å². The smallest absolute Gasteiger partial charge is 0.325 e. The van der Waals surface area contributed by atoms with Gasteiger partial charge in [0.1, 0.15) is 5.82 Å². The number of aromatic nitrogens is 2. The molecule has 35 heavy (non-hydrogen) atoms. The third-order valence-electron chi connectivity index (χ3n) is 5.03. The van der Waals surface area contributed by atoms with E-state index in [-0.39, 0.29) is 29.2 Å². The summed E-state index contributed by atoms with van der Waals surface area (Å²) in [6.07, 6.45) is -0.245. The van der Waals surface area contributed by atoms with Crippen molar-refractivity contribution in [2.45, 2.75) is 12.5 Å². The Hall–Kier alpha value is -4.63. The van der Waals surface area contributed by atoms with Crippen LogP contribution in [0.1, 0.15) is 18.0 Å². The van der Waals surface area contributed by atoms with E-state index in [1.807, 2.05) is 30.3 Å². The number of urea groups is 1. The normalized spacial score (nSPS) is 11.4. The number of halogens is 1. The number of benzene rings is 3. The zero-order chi connectivity index (χ0) is 24.6. The van der Waals surface area contributed by atoms with Crippen LogP contribution in [0.2, 0.25) is 0 Å². The fraction of sp³-hybridized carbons (Fsp3) is 0.0769. The Kier molecular flexibility index (Phi) is 7.39. The van der Waals surface area contributed by atoms with Gasteiger partial charge < -0.3 is 15.8 Å². The third kappa shape index (κ3) is 6.24. The van der Waals surface area contributed by atoms with Crippen LogP contribution in [0.3, 0.4) is 0 Å². The van der Waals surface area contributed by atoms with Crippen molar-refractivity contribution < 1.29 is 18.7 Å². The number of rotatable bonds is 7. The molecule has 0 aliphatic heterocycles. The standard InChI is InChI=1S/C26H22FN5O3/c27-19-11-5-4-10-18(19)20(28)16-25(33)35-23-13-7-6-12-22(23)29-26(34)30-24-15-14-21(31-32-24)17-8-2-1-3-9-17/h1-15,20H,16,28H2,(H2,29,30,32,34). The third-order valence-corrected chi connectivity index (χ3v) is 5.03. The maximum atomic E-state index is 13.9. The average molecular weight is 471 g/mol. The number of esters is 1. The van der Waals surface area contributed by atoms with Crippen LogP contribution in [0.4, 0.5) is 20.7 Å². The van der Waals surface area contributed by atoms with Crippen molar-refractivity contribution in [1.29, 1.82) is 0 Å². The summed E-state index contributed by atoms with van der Waals surface area (Å²) in [4.78, 5) is 24.9. The number of hydrogen-bond acceptors (Lipinski definition) is 6. The minimum atomic E-state index is -0.871. The largest absolute Gasteiger partial charge is 0.424 e. The monoisotopic (exact) mass is 471 g/mol. The van der Waals surface area contributed by atoms with Gasteiger partial charge in [-0.25, -0.2) is 9.18 Å². The van der Waals surface area contributed by atoms with Gasteiger partial charge in [0.05, 0.1) is 17.8 Å². The molecule has 9 heteroatoms. The van der Waals surface area contributed by atoms with Gasteiger partial charge in [0.15, 0.2) is 11.6 Å².